The first-order chi connectivity index (χ1) is 10.1. The van der Waals surface area contributed by atoms with Gasteiger partial charge < -0.3 is 10.2 Å². The lowest BCUT2D eigenvalue weighted by molar-refractivity contribution is -0.384. The fourth-order valence-electron chi connectivity index (χ4n) is 2.93. The van der Waals surface area contributed by atoms with Gasteiger partial charge >= 0.3 is 0 Å². The lowest BCUT2D eigenvalue weighted by Gasteiger charge is -2.27. The van der Waals surface area contributed by atoms with Crippen molar-refractivity contribution in [1.82, 2.24) is 4.98 Å². The van der Waals surface area contributed by atoms with E-state index in [1.165, 1.54) is 38.2 Å². The molecular formula is C15H24N4O2. The highest BCUT2D eigenvalue weighted by atomic mass is 16.6. The van der Waals surface area contributed by atoms with Gasteiger partial charge in [-0.1, -0.05) is 19.3 Å². The van der Waals surface area contributed by atoms with Gasteiger partial charge in [0, 0.05) is 20.1 Å². The first-order valence-electron chi connectivity index (χ1n) is 7.71. The highest BCUT2D eigenvalue weighted by Gasteiger charge is 2.18. The zero-order valence-corrected chi connectivity index (χ0v) is 12.8. The first kappa shape index (κ1) is 15.5. The Kier molecular flexibility index (Phi) is 5.36. The SMILES string of the molecule is CCNc1cc([N+](=O)[O-])cc(N(C)CC2CCCCC2)n1. The molecule has 1 aliphatic rings. The van der Waals surface area contributed by atoms with Gasteiger partial charge in [0.1, 0.15) is 11.6 Å². The summed E-state index contributed by atoms with van der Waals surface area (Å²) in [6, 6.07) is 3.05. The maximum Gasteiger partial charge on any atom is 0.276 e. The molecule has 0 spiro atoms. The molecule has 1 aromatic rings. The van der Waals surface area contributed by atoms with Crippen molar-refractivity contribution >= 4 is 17.3 Å². The van der Waals surface area contributed by atoms with E-state index < -0.39 is 0 Å². The summed E-state index contributed by atoms with van der Waals surface area (Å²) in [7, 11) is 1.97. The number of nitro groups is 1. The second kappa shape index (κ2) is 7.24. The Balaban J connectivity index is 2.13. The van der Waals surface area contributed by atoms with Gasteiger partial charge in [0.2, 0.25) is 0 Å². The monoisotopic (exact) mass is 292 g/mol. The Hall–Kier alpha value is -1.85. The highest BCUT2D eigenvalue weighted by molar-refractivity contribution is 5.55. The van der Waals surface area contributed by atoms with E-state index in [1.54, 1.807) is 6.07 Å². The third-order valence-electron chi connectivity index (χ3n) is 4.01. The predicted molar refractivity (Wildman–Crippen MR) is 84.9 cm³/mol. The van der Waals surface area contributed by atoms with Crippen molar-refractivity contribution in [2.75, 3.05) is 30.4 Å². The van der Waals surface area contributed by atoms with Gasteiger partial charge in [0.25, 0.3) is 5.69 Å². The maximum atomic E-state index is 11.1. The van der Waals surface area contributed by atoms with E-state index >= 15 is 0 Å². The zero-order chi connectivity index (χ0) is 15.2. The number of aromatic nitrogens is 1. The Morgan fingerprint density at radius 3 is 2.71 bits per heavy atom. The minimum Gasteiger partial charge on any atom is -0.370 e. The molecule has 0 aliphatic heterocycles. The summed E-state index contributed by atoms with van der Waals surface area (Å²) in [5, 5.41) is 14.1. The number of pyridine rings is 1. The van der Waals surface area contributed by atoms with Crippen LogP contribution in [0.1, 0.15) is 39.0 Å². The van der Waals surface area contributed by atoms with Crippen LogP contribution in [0, 0.1) is 16.0 Å². The second-order valence-corrected chi connectivity index (χ2v) is 5.74. The second-order valence-electron chi connectivity index (χ2n) is 5.74. The molecule has 21 heavy (non-hydrogen) atoms. The molecule has 1 fully saturated rings. The number of anilines is 2. The number of nitrogens with zero attached hydrogens (tertiary/aromatic N) is 3. The van der Waals surface area contributed by atoms with E-state index in [2.05, 4.69) is 10.3 Å². The van der Waals surface area contributed by atoms with Crippen molar-refractivity contribution in [3.8, 4) is 0 Å². The van der Waals surface area contributed by atoms with Crippen molar-refractivity contribution in [3.05, 3.63) is 22.2 Å². The molecule has 1 aromatic heterocycles. The van der Waals surface area contributed by atoms with Gasteiger partial charge in [-0.25, -0.2) is 4.98 Å². The van der Waals surface area contributed by atoms with Crippen LogP contribution in [0.3, 0.4) is 0 Å². The van der Waals surface area contributed by atoms with Crippen molar-refractivity contribution < 1.29 is 4.92 Å². The standard InChI is InChI=1S/C15H24N4O2/c1-3-16-14-9-13(19(20)21)10-15(17-14)18(2)11-12-7-5-4-6-8-12/h9-10,12H,3-8,11H2,1-2H3,(H,16,17). The molecule has 1 saturated carbocycles. The molecule has 6 nitrogen and oxygen atoms in total. The summed E-state index contributed by atoms with van der Waals surface area (Å²) in [4.78, 5) is 17.2. The number of nitrogens with one attached hydrogen (secondary N) is 1. The summed E-state index contributed by atoms with van der Waals surface area (Å²) < 4.78 is 0. The molecule has 1 heterocycles. The third kappa shape index (κ3) is 4.31. The first-order valence-corrected chi connectivity index (χ1v) is 7.71. The molecule has 1 N–H and O–H groups in total. The number of hydrogen-bond donors (Lipinski definition) is 1. The van der Waals surface area contributed by atoms with Gasteiger partial charge in [0.05, 0.1) is 17.1 Å². The Morgan fingerprint density at radius 1 is 1.38 bits per heavy atom. The molecule has 0 aromatic carbocycles. The topological polar surface area (TPSA) is 71.3 Å². The van der Waals surface area contributed by atoms with Gasteiger partial charge in [0.15, 0.2) is 0 Å². The quantitative estimate of drug-likeness (QED) is 0.642. The van der Waals surface area contributed by atoms with E-state index in [4.69, 9.17) is 0 Å². The van der Waals surface area contributed by atoms with Crippen molar-refractivity contribution in [2.45, 2.75) is 39.0 Å². The third-order valence-corrected chi connectivity index (χ3v) is 4.01. The zero-order valence-electron chi connectivity index (χ0n) is 12.8. The Morgan fingerprint density at radius 2 is 2.10 bits per heavy atom. The number of hydrogen-bond acceptors (Lipinski definition) is 5. The van der Waals surface area contributed by atoms with Crippen LogP contribution in [0.5, 0.6) is 0 Å². The molecule has 0 unspecified atom stereocenters. The highest BCUT2D eigenvalue weighted by Crippen LogP contribution is 2.27. The van der Waals surface area contributed by atoms with E-state index in [1.807, 2.05) is 18.9 Å². The Bertz CT molecular complexity index is 487. The molecule has 0 bridgehead atoms. The van der Waals surface area contributed by atoms with Gasteiger partial charge in [-0.3, -0.25) is 10.1 Å². The molecule has 116 valence electrons. The van der Waals surface area contributed by atoms with E-state index in [9.17, 15) is 10.1 Å². The molecule has 0 amide bonds. The van der Waals surface area contributed by atoms with Crippen LogP contribution in [-0.4, -0.2) is 30.0 Å². The van der Waals surface area contributed by atoms with Crippen LogP contribution in [-0.2, 0) is 0 Å². The summed E-state index contributed by atoms with van der Waals surface area (Å²) >= 11 is 0. The molecular weight excluding hydrogens is 268 g/mol. The van der Waals surface area contributed by atoms with Crippen LogP contribution < -0.4 is 10.2 Å². The normalized spacial score (nSPS) is 15.7. The maximum absolute atomic E-state index is 11.1. The summed E-state index contributed by atoms with van der Waals surface area (Å²) in [6.07, 6.45) is 6.42. The van der Waals surface area contributed by atoms with Crippen molar-refractivity contribution in [3.63, 3.8) is 0 Å². The largest absolute Gasteiger partial charge is 0.370 e. The van der Waals surface area contributed by atoms with Gasteiger partial charge in [-0.2, -0.15) is 0 Å². The molecule has 6 heteroatoms. The average Bonchev–Trinajstić information content (AvgIpc) is 2.48. The van der Waals surface area contributed by atoms with Crippen LogP contribution in [0.2, 0.25) is 0 Å². The molecule has 0 saturated heterocycles. The number of rotatable bonds is 6. The average molecular weight is 292 g/mol. The summed E-state index contributed by atoms with van der Waals surface area (Å²) in [5.74, 6) is 1.91. The molecule has 2 rings (SSSR count). The lowest BCUT2D eigenvalue weighted by Crippen LogP contribution is -2.27. The summed E-state index contributed by atoms with van der Waals surface area (Å²) in [6.45, 7) is 3.56. The van der Waals surface area contributed by atoms with Crippen LogP contribution in [0.25, 0.3) is 0 Å². The van der Waals surface area contributed by atoms with Crippen LogP contribution in [0.15, 0.2) is 12.1 Å². The predicted octanol–water partition coefficient (Wildman–Crippen LogP) is 3.44. The van der Waals surface area contributed by atoms with E-state index in [-0.39, 0.29) is 10.6 Å². The van der Waals surface area contributed by atoms with E-state index in [0.29, 0.717) is 24.1 Å². The molecule has 0 atom stereocenters. The van der Waals surface area contributed by atoms with Crippen molar-refractivity contribution in [1.29, 1.82) is 0 Å². The molecule has 1 aliphatic carbocycles. The van der Waals surface area contributed by atoms with Gasteiger partial charge in [-0.05, 0) is 25.7 Å². The van der Waals surface area contributed by atoms with Crippen LogP contribution >= 0.6 is 0 Å². The lowest BCUT2D eigenvalue weighted by atomic mass is 9.89. The van der Waals surface area contributed by atoms with Crippen LogP contribution in [0.4, 0.5) is 17.3 Å². The Labute approximate surface area is 125 Å². The minimum atomic E-state index is -0.361. The molecule has 0 radical (unpaired) electrons. The summed E-state index contributed by atoms with van der Waals surface area (Å²) in [5.41, 5.74) is 0.0893. The van der Waals surface area contributed by atoms with E-state index in [0.717, 1.165) is 6.54 Å². The fraction of sp³-hybridized carbons (Fsp3) is 0.667. The van der Waals surface area contributed by atoms with Crippen molar-refractivity contribution in [2.24, 2.45) is 5.92 Å². The fourth-order valence-corrected chi connectivity index (χ4v) is 2.93. The minimum absolute atomic E-state index is 0.0893. The van der Waals surface area contributed by atoms with Gasteiger partial charge in [-0.15, -0.1) is 0 Å². The smallest absolute Gasteiger partial charge is 0.276 e.